The largest absolute Gasteiger partial charge is 0.392 e. The number of nitriles is 1. The van der Waals surface area contributed by atoms with E-state index in [0.29, 0.717) is 5.56 Å². The first-order valence-corrected chi connectivity index (χ1v) is 4.36. The Hall–Kier alpha value is -1.73. The number of nitrogens with zero attached hydrogens (tertiary/aromatic N) is 1. The highest BCUT2D eigenvalue weighted by Gasteiger charge is 2.21. The van der Waals surface area contributed by atoms with Crippen LogP contribution in [0.4, 0.5) is 0 Å². The Morgan fingerprint density at radius 2 is 2.00 bits per heavy atom. The molecule has 14 heavy (non-hydrogen) atoms. The Balaban J connectivity index is 2.97. The van der Waals surface area contributed by atoms with Gasteiger partial charge < -0.3 is 5.73 Å². The third-order valence-corrected chi connectivity index (χ3v) is 1.97. The van der Waals surface area contributed by atoms with Gasteiger partial charge >= 0.3 is 0 Å². The highest BCUT2D eigenvalue weighted by Crippen LogP contribution is 2.08. The number of benzene rings is 1. The van der Waals surface area contributed by atoms with E-state index >= 15 is 0 Å². The average molecular weight is 204 g/mol. The van der Waals surface area contributed by atoms with Crippen molar-refractivity contribution in [2.24, 2.45) is 11.7 Å². The number of rotatable bonds is 3. The normalized spacial score (nSPS) is 11.4. The molecular formula is C10H8N2OS. The van der Waals surface area contributed by atoms with E-state index in [2.05, 4.69) is 12.2 Å². The molecule has 0 heterocycles. The van der Waals surface area contributed by atoms with E-state index in [-0.39, 0.29) is 10.8 Å². The summed E-state index contributed by atoms with van der Waals surface area (Å²) in [4.78, 5) is 11.5. The van der Waals surface area contributed by atoms with Crippen LogP contribution in [-0.2, 0) is 0 Å². The molecule has 0 spiro atoms. The molecule has 1 aromatic carbocycles. The van der Waals surface area contributed by atoms with Crippen LogP contribution >= 0.6 is 12.2 Å². The first kappa shape index (κ1) is 10.4. The number of nitrogens with two attached hydrogens (primary N) is 1. The lowest BCUT2D eigenvalue weighted by Crippen LogP contribution is -2.27. The fourth-order valence-electron chi connectivity index (χ4n) is 1.02. The zero-order valence-electron chi connectivity index (χ0n) is 7.31. The van der Waals surface area contributed by atoms with Crippen LogP contribution in [0.15, 0.2) is 30.3 Å². The van der Waals surface area contributed by atoms with Crippen molar-refractivity contribution in [3.63, 3.8) is 0 Å². The van der Waals surface area contributed by atoms with Crippen molar-refractivity contribution in [1.82, 2.24) is 0 Å². The Labute approximate surface area is 87.1 Å². The van der Waals surface area contributed by atoms with Gasteiger partial charge in [0.1, 0.15) is 0 Å². The number of carbonyl (C=O) groups excluding carboxylic acids is 1. The van der Waals surface area contributed by atoms with Crippen molar-refractivity contribution in [2.45, 2.75) is 0 Å². The SMILES string of the molecule is N#CC(C(=O)c1ccccc1)C(N)=S. The monoisotopic (exact) mass is 204 g/mol. The molecule has 3 nitrogen and oxygen atoms in total. The number of carbonyl (C=O) groups is 1. The van der Waals surface area contributed by atoms with Crippen LogP contribution in [-0.4, -0.2) is 10.8 Å². The third kappa shape index (κ3) is 2.15. The first-order chi connectivity index (χ1) is 6.66. The number of thiocarbonyl (C=S) groups is 1. The lowest BCUT2D eigenvalue weighted by Gasteiger charge is -2.05. The van der Waals surface area contributed by atoms with Gasteiger partial charge in [0.15, 0.2) is 11.7 Å². The van der Waals surface area contributed by atoms with E-state index in [1.54, 1.807) is 36.4 Å². The molecular weight excluding hydrogens is 196 g/mol. The van der Waals surface area contributed by atoms with E-state index < -0.39 is 5.92 Å². The van der Waals surface area contributed by atoms with Crippen molar-refractivity contribution in [2.75, 3.05) is 0 Å². The van der Waals surface area contributed by atoms with Gasteiger partial charge in [-0.05, 0) is 0 Å². The number of ketones is 1. The molecule has 0 aliphatic rings. The maximum atomic E-state index is 11.6. The van der Waals surface area contributed by atoms with Gasteiger partial charge in [-0.3, -0.25) is 4.79 Å². The fraction of sp³-hybridized carbons (Fsp3) is 0.100. The van der Waals surface area contributed by atoms with E-state index in [1.807, 2.05) is 0 Å². The highest BCUT2D eigenvalue weighted by atomic mass is 32.1. The van der Waals surface area contributed by atoms with Crippen LogP contribution in [0.3, 0.4) is 0 Å². The van der Waals surface area contributed by atoms with E-state index in [1.165, 1.54) is 0 Å². The van der Waals surface area contributed by atoms with Crippen LogP contribution in [0, 0.1) is 17.2 Å². The fourth-order valence-corrected chi connectivity index (χ4v) is 1.18. The van der Waals surface area contributed by atoms with Gasteiger partial charge in [0, 0.05) is 5.56 Å². The summed E-state index contributed by atoms with van der Waals surface area (Å²) < 4.78 is 0. The Morgan fingerprint density at radius 3 is 2.43 bits per heavy atom. The summed E-state index contributed by atoms with van der Waals surface area (Å²) >= 11 is 4.63. The maximum Gasteiger partial charge on any atom is 0.186 e. The van der Waals surface area contributed by atoms with Crippen molar-refractivity contribution >= 4 is 23.0 Å². The molecule has 1 aromatic rings. The predicted molar refractivity (Wildman–Crippen MR) is 56.7 cm³/mol. The number of Topliss-reactive ketones (excluding diaryl/α,β-unsaturated/α-hetero) is 1. The molecule has 0 amide bonds. The molecule has 0 radical (unpaired) electrons. The molecule has 1 rings (SSSR count). The van der Waals surface area contributed by atoms with Gasteiger partial charge in [-0.25, -0.2) is 0 Å². The minimum Gasteiger partial charge on any atom is -0.392 e. The van der Waals surface area contributed by atoms with Crippen molar-refractivity contribution in [3.05, 3.63) is 35.9 Å². The average Bonchev–Trinajstić information content (AvgIpc) is 2.19. The van der Waals surface area contributed by atoms with Gasteiger partial charge in [0.25, 0.3) is 0 Å². The lowest BCUT2D eigenvalue weighted by atomic mass is 9.99. The molecule has 1 unspecified atom stereocenters. The maximum absolute atomic E-state index is 11.6. The second-order valence-corrected chi connectivity index (χ2v) is 3.17. The van der Waals surface area contributed by atoms with Gasteiger partial charge in [-0.1, -0.05) is 42.5 Å². The summed E-state index contributed by atoms with van der Waals surface area (Å²) in [6.45, 7) is 0. The third-order valence-electron chi connectivity index (χ3n) is 1.73. The summed E-state index contributed by atoms with van der Waals surface area (Å²) in [5.41, 5.74) is 5.72. The minimum absolute atomic E-state index is 0.0821. The van der Waals surface area contributed by atoms with Crippen molar-refractivity contribution in [3.8, 4) is 6.07 Å². The molecule has 0 saturated carbocycles. The summed E-state index contributed by atoms with van der Waals surface area (Å²) in [5.74, 6) is -1.37. The van der Waals surface area contributed by atoms with Gasteiger partial charge in [-0.15, -0.1) is 0 Å². The topological polar surface area (TPSA) is 66.9 Å². The molecule has 0 aliphatic heterocycles. The van der Waals surface area contributed by atoms with Crippen molar-refractivity contribution < 1.29 is 4.79 Å². The van der Waals surface area contributed by atoms with E-state index in [4.69, 9.17) is 11.0 Å². The quantitative estimate of drug-likeness (QED) is 0.595. The molecule has 0 aliphatic carbocycles. The van der Waals surface area contributed by atoms with Crippen molar-refractivity contribution in [1.29, 1.82) is 5.26 Å². The van der Waals surface area contributed by atoms with Crippen LogP contribution in [0.1, 0.15) is 10.4 Å². The molecule has 0 aromatic heterocycles. The zero-order chi connectivity index (χ0) is 10.6. The van der Waals surface area contributed by atoms with Gasteiger partial charge in [-0.2, -0.15) is 5.26 Å². The number of hydrogen-bond donors (Lipinski definition) is 1. The molecule has 2 N–H and O–H groups in total. The standard InChI is InChI=1S/C10H8N2OS/c11-6-8(10(12)14)9(13)7-4-2-1-3-5-7/h1-5,8H,(H2,12,14). The lowest BCUT2D eigenvalue weighted by molar-refractivity contribution is 0.0975. The molecule has 0 bridgehead atoms. The number of hydrogen-bond acceptors (Lipinski definition) is 3. The molecule has 0 saturated heterocycles. The second-order valence-electron chi connectivity index (χ2n) is 2.69. The highest BCUT2D eigenvalue weighted by molar-refractivity contribution is 7.80. The summed E-state index contributed by atoms with van der Waals surface area (Å²) in [7, 11) is 0. The van der Waals surface area contributed by atoms with Crippen LogP contribution < -0.4 is 5.73 Å². The van der Waals surface area contributed by atoms with Crippen LogP contribution in [0.2, 0.25) is 0 Å². The first-order valence-electron chi connectivity index (χ1n) is 3.95. The van der Waals surface area contributed by atoms with E-state index in [9.17, 15) is 4.79 Å². The Bertz CT molecular complexity index is 394. The second kappa shape index (κ2) is 4.49. The smallest absolute Gasteiger partial charge is 0.186 e. The molecule has 1 atom stereocenters. The predicted octanol–water partition coefficient (Wildman–Crippen LogP) is 1.30. The van der Waals surface area contributed by atoms with E-state index in [0.717, 1.165) is 0 Å². The summed E-state index contributed by atoms with van der Waals surface area (Å²) in [5, 5.41) is 8.69. The van der Waals surface area contributed by atoms with Crippen LogP contribution in [0.25, 0.3) is 0 Å². The summed E-state index contributed by atoms with van der Waals surface area (Å²) in [6.07, 6.45) is 0. The zero-order valence-corrected chi connectivity index (χ0v) is 8.12. The van der Waals surface area contributed by atoms with Gasteiger partial charge in [0.05, 0.1) is 11.1 Å². The van der Waals surface area contributed by atoms with Crippen LogP contribution in [0.5, 0.6) is 0 Å². The van der Waals surface area contributed by atoms with Gasteiger partial charge in [0.2, 0.25) is 0 Å². The Kier molecular flexibility index (Phi) is 3.32. The minimum atomic E-state index is -1.02. The molecule has 4 heteroatoms. The Morgan fingerprint density at radius 1 is 1.43 bits per heavy atom. The molecule has 0 fully saturated rings. The molecule has 70 valence electrons. The summed E-state index contributed by atoms with van der Waals surface area (Å²) in [6, 6.07) is 10.3.